The normalized spacial score (nSPS) is 21.3. The second kappa shape index (κ2) is 9.32. The van der Waals surface area contributed by atoms with E-state index in [0.717, 1.165) is 0 Å². The standard InChI is InChI=1S/C22H27F2N3O3S/c1-4-31(29,30)25-21-18(23)14-27(22(28)26(2)3)19(21)13-16-11-8-12-17(20(16)24)15-9-6-5-7-10-15/h5-12,18-19,21,25H,4,13-14H2,1-3H3/t18-,19-,21-/m0/s1. The van der Waals surface area contributed by atoms with Crippen LogP contribution in [0.25, 0.3) is 11.1 Å². The Labute approximate surface area is 181 Å². The number of urea groups is 1. The lowest BCUT2D eigenvalue weighted by molar-refractivity contribution is 0.161. The molecule has 0 unspecified atom stereocenters. The second-order valence-electron chi connectivity index (χ2n) is 7.81. The second-order valence-corrected chi connectivity index (χ2v) is 9.85. The number of carbonyl (C=O) groups is 1. The van der Waals surface area contributed by atoms with E-state index in [1.54, 1.807) is 42.5 Å². The van der Waals surface area contributed by atoms with Gasteiger partial charge in [-0.3, -0.25) is 0 Å². The predicted octanol–water partition coefficient (Wildman–Crippen LogP) is 3.05. The van der Waals surface area contributed by atoms with Gasteiger partial charge in [0.15, 0.2) is 0 Å². The van der Waals surface area contributed by atoms with Crippen LogP contribution < -0.4 is 4.72 Å². The van der Waals surface area contributed by atoms with Gasteiger partial charge in [-0.25, -0.2) is 26.7 Å². The summed E-state index contributed by atoms with van der Waals surface area (Å²) in [7, 11) is -0.658. The average molecular weight is 452 g/mol. The van der Waals surface area contributed by atoms with E-state index >= 15 is 4.39 Å². The third-order valence-electron chi connectivity index (χ3n) is 5.49. The lowest BCUT2D eigenvalue weighted by atomic mass is 9.96. The van der Waals surface area contributed by atoms with Gasteiger partial charge in [0.25, 0.3) is 0 Å². The van der Waals surface area contributed by atoms with Gasteiger partial charge in [0.1, 0.15) is 12.0 Å². The summed E-state index contributed by atoms with van der Waals surface area (Å²) >= 11 is 0. The summed E-state index contributed by atoms with van der Waals surface area (Å²) in [5.74, 6) is -0.687. The van der Waals surface area contributed by atoms with Crippen molar-refractivity contribution in [2.75, 3.05) is 26.4 Å². The quantitative estimate of drug-likeness (QED) is 0.734. The maximum atomic E-state index is 15.4. The molecule has 3 atom stereocenters. The molecule has 1 fully saturated rings. The molecule has 168 valence electrons. The Kier molecular flexibility index (Phi) is 6.96. The molecule has 3 rings (SSSR count). The molecule has 1 saturated heterocycles. The van der Waals surface area contributed by atoms with Gasteiger partial charge in [-0.15, -0.1) is 0 Å². The zero-order valence-electron chi connectivity index (χ0n) is 17.8. The molecule has 1 aliphatic heterocycles. The number of carbonyl (C=O) groups excluding carboxylic acids is 1. The van der Waals surface area contributed by atoms with Gasteiger partial charge < -0.3 is 9.80 Å². The summed E-state index contributed by atoms with van der Waals surface area (Å²) in [6.07, 6.45) is -1.63. The van der Waals surface area contributed by atoms with Gasteiger partial charge >= 0.3 is 6.03 Å². The SMILES string of the molecule is CCS(=O)(=O)N[C@H]1[C@@H](F)CN(C(=O)N(C)C)[C@H]1Cc1cccc(-c2ccccc2)c1F. The Morgan fingerprint density at radius 2 is 1.84 bits per heavy atom. The molecular formula is C22H27F2N3O3S. The van der Waals surface area contributed by atoms with E-state index < -0.39 is 40.1 Å². The summed E-state index contributed by atoms with van der Waals surface area (Å²) in [5, 5.41) is 0. The molecule has 2 amide bonds. The average Bonchev–Trinajstić information content (AvgIpc) is 3.04. The third-order valence-corrected chi connectivity index (χ3v) is 6.88. The lowest BCUT2D eigenvalue weighted by Crippen LogP contribution is -2.51. The molecule has 1 heterocycles. The molecule has 2 aromatic rings. The Morgan fingerprint density at radius 1 is 1.16 bits per heavy atom. The van der Waals surface area contributed by atoms with Crippen LogP contribution in [0.4, 0.5) is 13.6 Å². The van der Waals surface area contributed by atoms with Gasteiger partial charge in [-0.2, -0.15) is 0 Å². The van der Waals surface area contributed by atoms with Crippen LogP contribution in [0, 0.1) is 5.82 Å². The van der Waals surface area contributed by atoms with Gasteiger partial charge in [0.05, 0.1) is 24.4 Å². The van der Waals surface area contributed by atoms with E-state index in [4.69, 9.17) is 0 Å². The molecule has 0 aliphatic carbocycles. The van der Waals surface area contributed by atoms with Crippen LogP contribution in [0.2, 0.25) is 0 Å². The predicted molar refractivity (Wildman–Crippen MR) is 116 cm³/mol. The molecule has 0 radical (unpaired) electrons. The van der Waals surface area contributed by atoms with Crippen molar-refractivity contribution in [2.24, 2.45) is 0 Å². The van der Waals surface area contributed by atoms with Crippen molar-refractivity contribution in [1.29, 1.82) is 0 Å². The van der Waals surface area contributed by atoms with Gasteiger partial charge in [-0.05, 0) is 24.5 Å². The fourth-order valence-corrected chi connectivity index (χ4v) is 4.72. The summed E-state index contributed by atoms with van der Waals surface area (Å²) in [4.78, 5) is 15.2. The lowest BCUT2D eigenvalue weighted by Gasteiger charge is -2.30. The van der Waals surface area contributed by atoms with Crippen LogP contribution in [-0.2, 0) is 16.4 Å². The Morgan fingerprint density at radius 3 is 2.45 bits per heavy atom. The largest absolute Gasteiger partial charge is 0.331 e. The Hall–Kier alpha value is -2.52. The highest BCUT2D eigenvalue weighted by Crippen LogP contribution is 2.30. The molecule has 0 aromatic heterocycles. The number of alkyl halides is 1. The highest BCUT2D eigenvalue weighted by Gasteiger charge is 2.46. The molecule has 2 aromatic carbocycles. The number of halogens is 2. The van der Waals surface area contributed by atoms with Gasteiger partial charge in [-0.1, -0.05) is 48.5 Å². The first-order valence-corrected chi connectivity index (χ1v) is 11.7. The van der Waals surface area contributed by atoms with Crippen LogP contribution in [0.5, 0.6) is 0 Å². The van der Waals surface area contributed by atoms with E-state index in [1.165, 1.54) is 30.8 Å². The maximum absolute atomic E-state index is 15.4. The first-order chi connectivity index (χ1) is 14.6. The summed E-state index contributed by atoms with van der Waals surface area (Å²) in [6, 6.07) is 11.5. The van der Waals surface area contributed by atoms with Crippen LogP contribution in [0.1, 0.15) is 12.5 Å². The molecular weight excluding hydrogens is 424 g/mol. The van der Waals surface area contributed by atoms with E-state index in [0.29, 0.717) is 11.1 Å². The van der Waals surface area contributed by atoms with Crippen molar-refractivity contribution in [2.45, 2.75) is 31.6 Å². The van der Waals surface area contributed by atoms with Crippen LogP contribution >= 0.6 is 0 Å². The number of rotatable bonds is 6. The van der Waals surface area contributed by atoms with E-state index in [-0.39, 0.29) is 24.3 Å². The molecule has 1 N–H and O–H groups in total. The van der Waals surface area contributed by atoms with E-state index in [9.17, 15) is 17.6 Å². The number of nitrogens with zero attached hydrogens (tertiary/aromatic N) is 2. The zero-order chi connectivity index (χ0) is 22.8. The van der Waals surface area contributed by atoms with Crippen molar-refractivity contribution in [1.82, 2.24) is 14.5 Å². The topological polar surface area (TPSA) is 69.7 Å². The van der Waals surface area contributed by atoms with Crippen molar-refractivity contribution in [3.63, 3.8) is 0 Å². The van der Waals surface area contributed by atoms with Crippen molar-refractivity contribution in [3.8, 4) is 11.1 Å². The van der Waals surface area contributed by atoms with Crippen molar-refractivity contribution < 1.29 is 22.0 Å². The fraction of sp³-hybridized carbons (Fsp3) is 0.409. The molecule has 6 nitrogen and oxygen atoms in total. The van der Waals surface area contributed by atoms with Crippen molar-refractivity contribution in [3.05, 3.63) is 59.9 Å². The van der Waals surface area contributed by atoms with E-state index in [1.807, 2.05) is 6.07 Å². The Balaban J connectivity index is 1.99. The summed E-state index contributed by atoms with van der Waals surface area (Å²) in [6.45, 7) is 1.18. The third kappa shape index (κ3) is 5.04. The first kappa shape index (κ1) is 23.1. The minimum atomic E-state index is -3.73. The first-order valence-electron chi connectivity index (χ1n) is 10.1. The molecule has 1 aliphatic rings. The minimum Gasteiger partial charge on any atom is -0.331 e. The fourth-order valence-electron chi connectivity index (χ4n) is 3.83. The molecule has 31 heavy (non-hydrogen) atoms. The molecule has 9 heteroatoms. The zero-order valence-corrected chi connectivity index (χ0v) is 18.6. The smallest absolute Gasteiger partial charge is 0.319 e. The van der Waals surface area contributed by atoms with Crippen molar-refractivity contribution >= 4 is 16.1 Å². The number of hydrogen-bond acceptors (Lipinski definition) is 3. The number of hydrogen-bond donors (Lipinski definition) is 1. The number of nitrogens with one attached hydrogen (secondary N) is 1. The molecule has 0 saturated carbocycles. The molecule has 0 bridgehead atoms. The number of amides is 2. The molecule has 0 spiro atoms. The number of benzene rings is 2. The minimum absolute atomic E-state index is 0.0244. The summed E-state index contributed by atoms with van der Waals surface area (Å²) in [5.41, 5.74) is 1.38. The summed E-state index contributed by atoms with van der Waals surface area (Å²) < 4.78 is 56.9. The maximum Gasteiger partial charge on any atom is 0.319 e. The highest BCUT2D eigenvalue weighted by molar-refractivity contribution is 7.89. The van der Waals surface area contributed by atoms with Crippen LogP contribution in [0.15, 0.2) is 48.5 Å². The Bertz CT molecular complexity index is 1030. The number of likely N-dealkylation sites (tertiary alicyclic amines) is 1. The highest BCUT2D eigenvalue weighted by atomic mass is 32.2. The van der Waals surface area contributed by atoms with E-state index in [2.05, 4.69) is 4.72 Å². The van der Waals surface area contributed by atoms with Crippen LogP contribution in [-0.4, -0.2) is 68.9 Å². The number of sulfonamides is 1. The monoisotopic (exact) mass is 451 g/mol. The van der Waals surface area contributed by atoms with Gasteiger partial charge in [0, 0.05) is 19.7 Å². The van der Waals surface area contributed by atoms with Crippen LogP contribution in [0.3, 0.4) is 0 Å². The van der Waals surface area contributed by atoms with Gasteiger partial charge in [0.2, 0.25) is 10.0 Å².